The van der Waals surface area contributed by atoms with E-state index < -0.39 is 12.2 Å². The molecule has 50 heavy (non-hydrogen) atoms. The number of aromatic amines is 2. The zero-order valence-corrected chi connectivity index (χ0v) is 31.1. The summed E-state index contributed by atoms with van der Waals surface area (Å²) in [5, 5.41) is 2.12. The monoisotopic (exact) mass is 782 g/mol. The molecule has 1 aliphatic rings. The van der Waals surface area contributed by atoms with Gasteiger partial charge in [-0.15, -0.1) is 0 Å². The number of carbonyl (C=O) groups is 2. The molecule has 4 N–H and O–H groups in total. The first-order valence-corrected chi connectivity index (χ1v) is 16.0. The quantitative estimate of drug-likeness (QED) is 0.137. The fraction of sp³-hybridized carbons (Fsp3) is 0.0909. The van der Waals surface area contributed by atoms with Crippen molar-refractivity contribution < 1.29 is 70.5 Å². The van der Waals surface area contributed by atoms with Gasteiger partial charge in [-0.1, -0.05) is 36.4 Å². The van der Waals surface area contributed by atoms with E-state index in [1.807, 2.05) is 30.3 Å². The average molecular weight is 782 g/mol. The topological polar surface area (TPSA) is 201 Å². The van der Waals surface area contributed by atoms with Crippen LogP contribution in [0.1, 0.15) is 5.56 Å². The number of benzene rings is 4. The van der Waals surface area contributed by atoms with E-state index in [9.17, 15) is 19.2 Å². The molecule has 17 heteroatoms. The van der Waals surface area contributed by atoms with Gasteiger partial charge in [0, 0.05) is 16.5 Å². The first-order chi connectivity index (χ1) is 23.2. The van der Waals surface area contributed by atoms with Crippen LogP contribution in [0.2, 0.25) is 0 Å². The Hall–Kier alpha value is -4.47. The summed E-state index contributed by atoms with van der Waals surface area (Å²) in [5.41, 5.74) is 22.3. The number of H-pyrrole nitrogens is 2. The van der Waals surface area contributed by atoms with Crippen LogP contribution in [0.5, 0.6) is 5.75 Å². The summed E-state index contributed by atoms with van der Waals surface area (Å²) in [5.74, 6) is 0.885. The Balaban J connectivity index is 0.000000500. The number of fused-ring (bicyclic) bond motifs is 6. The maximum absolute atomic E-state index is 10.7. The first kappa shape index (κ1) is 40.0. The summed E-state index contributed by atoms with van der Waals surface area (Å²) in [6, 6.07) is 26.8. The second-order valence-electron chi connectivity index (χ2n) is 9.94. The van der Waals surface area contributed by atoms with Crippen molar-refractivity contribution >= 4 is 74.3 Å². The molecular weight excluding hydrogens is 756 g/mol. The smallest absolute Gasteiger partial charge is 0.632 e. The summed E-state index contributed by atoms with van der Waals surface area (Å²) in [6.45, 7) is 0.483. The standard InChI is InChI=1S/C29H18N4O3P2.2C2H5NO2.2V/c34-14-37-28-30-12-26(33-28)19-3-6-22-18(10-19)2-7-23-21-5-1-16(9-20(21)13-36-27(22)23)17-4-8-24-25(11-17)32-29(31-24)38-15-35;2*1-5-2(3)4;;/h1-12,37-38H,13H2,(H,30,33)(H,31,32);2*1H3,(H2,3,4);;/q-2;;;2*+2/p-2. The van der Waals surface area contributed by atoms with Crippen LogP contribution in [0.4, 0.5) is 9.59 Å². The Morgan fingerprint density at radius 1 is 0.800 bits per heavy atom. The van der Waals surface area contributed by atoms with Crippen molar-refractivity contribution in [1.29, 1.82) is 0 Å². The number of carbonyl (C=O) groups excluding carboxylic acids is 4. The molecule has 7 rings (SSSR count). The third-order valence-electron chi connectivity index (χ3n) is 7.15. The molecule has 250 valence electrons. The Morgan fingerprint density at radius 3 is 2.10 bits per heavy atom. The summed E-state index contributed by atoms with van der Waals surface area (Å²) in [6.07, 6.45) is -0.244. The van der Waals surface area contributed by atoms with Crippen LogP contribution in [-0.2, 0) is 62.8 Å². The first-order valence-electron chi connectivity index (χ1n) is 14.0. The Bertz CT molecular complexity index is 2140. The molecule has 0 fully saturated rings. The maximum Gasteiger partial charge on any atom is 2.00 e. The zero-order chi connectivity index (χ0) is 34.2. The molecule has 2 amide bonds. The number of nitrogens with one attached hydrogen (secondary N) is 4. The largest absolute Gasteiger partial charge is 2.00 e. The van der Waals surface area contributed by atoms with Crippen molar-refractivity contribution in [3.8, 4) is 39.3 Å². The van der Waals surface area contributed by atoms with Crippen molar-refractivity contribution in [1.82, 2.24) is 19.9 Å². The van der Waals surface area contributed by atoms with Crippen LogP contribution in [-0.4, -0.2) is 58.4 Å². The molecule has 2 radical (unpaired) electrons. The average Bonchev–Trinajstić information content (AvgIpc) is 3.74. The second kappa shape index (κ2) is 18.5. The van der Waals surface area contributed by atoms with Crippen LogP contribution < -0.4 is 15.9 Å². The summed E-state index contributed by atoms with van der Waals surface area (Å²) < 4.78 is 13.9. The molecule has 2 atom stereocenters. The van der Waals surface area contributed by atoms with E-state index in [-0.39, 0.29) is 54.3 Å². The van der Waals surface area contributed by atoms with E-state index >= 15 is 0 Å². The summed E-state index contributed by atoms with van der Waals surface area (Å²) in [7, 11) is 2.12. The molecule has 1 aliphatic heterocycles. The van der Waals surface area contributed by atoms with E-state index in [4.69, 9.17) is 16.2 Å². The fourth-order valence-electron chi connectivity index (χ4n) is 5.02. The van der Waals surface area contributed by atoms with Crippen LogP contribution in [0.15, 0.2) is 72.9 Å². The van der Waals surface area contributed by atoms with Gasteiger partial charge in [0.1, 0.15) is 12.4 Å². The van der Waals surface area contributed by atoms with Gasteiger partial charge in [-0.2, -0.15) is 17.2 Å². The van der Waals surface area contributed by atoms with Crippen molar-refractivity contribution in [2.75, 3.05) is 14.2 Å². The summed E-state index contributed by atoms with van der Waals surface area (Å²) in [4.78, 5) is 55.0. The Labute approximate surface area is 313 Å². The summed E-state index contributed by atoms with van der Waals surface area (Å²) >= 11 is 0. The van der Waals surface area contributed by atoms with Crippen molar-refractivity contribution in [3.63, 3.8) is 0 Å². The minimum Gasteiger partial charge on any atom is -0.632 e. The molecule has 6 aromatic rings. The van der Waals surface area contributed by atoms with Crippen LogP contribution >= 0.6 is 17.2 Å². The Kier molecular flexibility index (Phi) is 14.8. The van der Waals surface area contributed by atoms with Gasteiger partial charge in [-0.25, -0.2) is 22.0 Å². The predicted octanol–water partition coefficient (Wildman–Crippen LogP) is 6.68. The van der Waals surface area contributed by atoms with Crippen LogP contribution in [0.25, 0.3) is 66.8 Å². The number of nitrogens with zero attached hydrogens (tertiary/aromatic N) is 2. The van der Waals surface area contributed by atoms with E-state index in [1.54, 1.807) is 6.20 Å². The number of hydrogen-bond acceptors (Lipinski definition) is 9. The minimum absolute atomic E-state index is 0. The van der Waals surface area contributed by atoms with E-state index in [1.165, 1.54) is 0 Å². The molecule has 0 saturated heterocycles. The van der Waals surface area contributed by atoms with E-state index in [0.717, 1.165) is 80.8 Å². The molecule has 13 nitrogen and oxygen atoms in total. The zero-order valence-electron chi connectivity index (χ0n) is 26.3. The molecule has 2 aromatic heterocycles. The maximum atomic E-state index is 10.7. The molecule has 0 spiro atoms. The van der Waals surface area contributed by atoms with Gasteiger partial charge in [0.15, 0.2) is 0 Å². The fourth-order valence-corrected chi connectivity index (χ4v) is 5.91. The number of aromatic nitrogens is 4. The number of amides is 2. The van der Waals surface area contributed by atoms with E-state index in [2.05, 4.69) is 77.9 Å². The molecule has 0 aliphatic carbocycles. The van der Waals surface area contributed by atoms with Gasteiger partial charge in [0.05, 0.1) is 48.3 Å². The number of rotatable bonds is 6. The van der Waals surface area contributed by atoms with Crippen LogP contribution in [0.3, 0.4) is 0 Å². The van der Waals surface area contributed by atoms with Crippen molar-refractivity contribution in [2.24, 2.45) is 0 Å². The molecular formula is C33H26N6O7P2V2. The Morgan fingerprint density at radius 2 is 1.42 bits per heavy atom. The van der Waals surface area contributed by atoms with Gasteiger partial charge < -0.3 is 45.2 Å². The normalized spacial score (nSPS) is 11.1. The van der Waals surface area contributed by atoms with Gasteiger partial charge in [-0.05, 0) is 58.0 Å². The van der Waals surface area contributed by atoms with Gasteiger partial charge in [0.2, 0.25) is 12.2 Å². The molecule has 4 aromatic carbocycles. The number of ether oxygens (including phenoxy) is 3. The molecule has 0 saturated carbocycles. The number of imidazole rings is 2. The third kappa shape index (κ3) is 9.40. The minimum atomic E-state index is -0.995. The van der Waals surface area contributed by atoms with Crippen molar-refractivity contribution in [2.45, 2.75) is 6.61 Å². The molecule has 2 unspecified atom stereocenters. The second-order valence-corrected chi connectivity index (χ2v) is 11.8. The van der Waals surface area contributed by atoms with Crippen LogP contribution in [0, 0.1) is 0 Å². The number of hydrogen-bond donors (Lipinski definition) is 2. The van der Waals surface area contributed by atoms with Gasteiger partial charge >= 0.3 is 37.1 Å². The molecule has 0 bridgehead atoms. The van der Waals surface area contributed by atoms with Crippen molar-refractivity contribution in [3.05, 3.63) is 90.0 Å². The SMILES string of the molecule is COC([NH-])=O.COC([NH-])=O.O=[C-]Pc1ncc(-c2ccc3c4c(ccc3c2)-c2ccc(-c3ccc5nc(P[C-]=O)[nH]c5c3)cc2CO4)[nH]1.[V+2].[V+2]. The molecule has 3 heterocycles. The van der Waals surface area contributed by atoms with Gasteiger partial charge in [-0.3, -0.25) is 9.59 Å². The number of methoxy groups -OCH3 is 2. The van der Waals surface area contributed by atoms with E-state index in [0.29, 0.717) is 17.7 Å². The van der Waals surface area contributed by atoms with Gasteiger partial charge in [0.25, 0.3) is 0 Å². The third-order valence-corrected chi connectivity index (χ3v) is 8.32. The predicted molar refractivity (Wildman–Crippen MR) is 187 cm³/mol.